The molecule has 0 amide bonds. The van der Waals surface area contributed by atoms with Crippen molar-refractivity contribution in [2.45, 2.75) is 104 Å². The van der Waals surface area contributed by atoms with E-state index in [1.165, 1.54) is 0 Å². The topological polar surface area (TPSA) is 72.8 Å². The van der Waals surface area contributed by atoms with Crippen LogP contribution in [0.15, 0.2) is 24.3 Å². The Morgan fingerprint density at radius 1 is 0.886 bits per heavy atom. The summed E-state index contributed by atoms with van der Waals surface area (Å²) in [5, 5.41) is 11.0. The molecular formula is C30H40O5. The highest BCUT2D eigenvalue weighted by Gasteiger charge is 2.41. The highest BCUT2D eigenvalue weighted by atomic mass is 16.6. The van der Waals surface area contributed by atoms with Gasteiger partial charge in [0.2, 0.25) is 6.10 Å². The number of rotatable bonds is 3. The number of carbonyl (C=O) groups is 2. The summed E-state index contributed by atoms with van der Waals surface area (Å²) in [6, 6.07) is 7.62. The van der Waals surface area contributed by atoms with Crippen molar-refractivity contribution in [1.82, 2.24) is 0 Å². The minimum Gasteiger partial charge on any atom is -0.507 e. The van der Waals surface area contributed by atoms with E-state index < -0.39 is 24.0 Å². The summed E-state index contributed by atoms with van der Waals surface area (Å²) in [5.41, 5.74) is 3.90. The van der Waals surface area contributed by atoms with Gasteiger partial charge in [-0.2, -0.15) is 0 Å². The summed E-state index contributed by atoms with van der Waals surface area (Å²) < 4.78 is 11.4. The van der Waals surface area contributed by atoms with Gasteiger partial charge in [0, 0.05) is 11.1 Å². The Morgan fingerprint density at radius 3 is 1.83 bits per heavy atom. The SMILES string of the molecule is Cc1cc2c(c(C(C)(C)C)c1)OC(=O)C2OC(=O)C(C)c1cc(C(C)(C)C)c(O)c(C(C)(C)C)c1. The molecule has 1 heterocycles. The number of phenols is 1. The number of hydrogen-bond donors (Lipinski definition) is 1. The Labute approximate surface area is 209 Å². The molecule has 1 N–H and O–H groups in total. The van der Waals surface area contributed by atoms with Crippen molar-refractivity contribution in [3.8, 4) is 11.5 Å². The molecule has 1 aliphatic heterocycles. The molecule has 0 aliphatic carbocycles. The van der Waals surface area contributed by atoms with Crippen molar-refractivity contribution in [2.75, 3.05) is 0 Å². The van der Waals surface area contributed by atoms with Gasteiger partial charge in [-0.3, -0.25) is 4.79 Å². The van der Waals surface area contributed by atoms with Crippen LogP contribution >= 0.6 is 0 Å². The summed E-state index contributed by atoms with van der Waals surface area (Å²) in [4.78, 5) is 26.1. The molecule has 0 fully saturated rings. The first-order chi connectivity index (χ1) is 15.8. The van der Waals surface area contributed by atoms with E-state index in [1.54, 1.807) is 6.92 Å². The van der Waals surface area contributed by atoms with Crippen LogP contribution in [0.3, 0.4) is 0 Å². The smallest absolute Gasteiger partial charge is 0.357 e. The fourth-order valence-corrected chi connectivity index (χ4v) is 4.46. The van der Waals surface area contributed by atoms with Crippen molar-refractivity contribution in [3.63, 3.8) is 0 Å². The fraction of sp³-hybridized carbons (Fsp3) is 0.533. The molecule has 5 nitrogen and oxygen atoms in total. The molecule has 35 heavy (non-hydrogen) atoms. The van der Waals surface area contributed by atoms with Crippen LogP contribution in [-0.2, 0) is 30.6 Å². The molecule has 5 heteroatoms. The molecule has 2 atom stereocenters. The minimum absolute atomic E-state index is 0.235. The van der Waals surface area contributed by atoms with E-state index in [9.17, 15) is 14.7 Å². The van der Waals surface area contributed by atoms with Crippen molar-refractivity contribution in [3.05, 3.63) is 57.6 Å². The number of hydrogen-bond acceptors (Lipinski definition) is 5. The van der Waals surface area contributed by atoms with Gasteiger partial charge in [0.05, 0.1) is 5.92 Å². The second-order valence-corrected chi connectivity index (χ2v) is 12.9. The first-order valence-corrected chi connectivity index (χ1v) is 12.3. The van der Waals surface area contributed by atoms with E-state index in [0.717, 1.165) is 27.8 Å². The van der Waals surface area contributed by atoms with Gasteiger partial charge in [-0.15, -0.1) is 0 Å². The number of esters is 2. The van der Waals surface area contributed by atoms with Gasteiger partial charge in [0.25, 0.3) is 0 Å². The Kier molecular flexibility index (Phi) is 6.65. The first-order valence-electron chi connectivity index (χ1n) is 12.3. The van der Waals surface area contributed by atoms with Crippen LogP contribution in [0.25, 0.3) is 0 Å². The lowest BCUT2D eigenvalue weighted by molar-refractivity contribution is -0.161. The molecule has 0 spiro atoms. The van der Waals surface area contributed by atoms with Crippen molar-refractivity contribution in [1.29, 1.82) is 0 Å². The summed E-state index contributed by atoms with van der Waals surface area (Å²) in [6.45, 7) is 22.1. The Morgan fingerprint density at radius 2 is 1.37 bits per heavy atom. The molecule has 0 radical (unpaired) electrons. The molecule has 0 bridgehead atoms. The van der Waals surface area contributed by atoms with Gasteiger partial charge in [-0.05, 0) is 52.8 Å². The Balaban J connectivity index is 2.00. The summed E-state index contributed by atoms with van der Waals surface area (Å²) in [6.07, 6.45) is -1.10. The molecule has 190 valence electrons. The van der Waals surface area contributed by atoms with Gasteiger partial charge in [-0.25, -0.2) is 4.79 Å². The van der Waals surface area contributed by atoms with Crippen LogP contribution < -0.4 is 4.74 Å². The molecule has 0 aromatic heterocycles. The van der Waals surface area contributed by atoms with E-state index >= 15 is 0 Å². The standard InChI is InChI=1S/C30H40O5/c1-16-12-19-24(22(13-16)30(9,10)11)34-27(33)25(19)35-26(32)17(2)18-14-20(28(3,4)5)23(31)21(15-18)29(6,7)8/h12-15,17,25,31H,1-11H3. The number of fused-ring (bicyclic) bond motifs is 1. The largest absolute Gasteiger partial charge is 0.507 e. The Bertz CT molecular complexity index is 1130. The maximum Gasteiger partial charge on any atom is 0.357 e. The third-order valence-corrected chi connectivity index (χ3v) is 6.61. The van der Waals surface area contributed by atoms with Crippen molar-refractivity contribution >= 4 is 11.9 Å². The van der Waals surface area contributed by atoms with Crippen LogP contribution in [0, 0.1) is 6.92 Å². The quantitative estimate of drug-likeness (QED) is 0.382. The van der Waals surface area contributed by atoms with E-state index in [4.69, 9.17) is 9.47 Å². The molecule has 2 aromatic rings. The zero-order chi connectivity index (χ0) is 26.7. The van der Waals surface area contributed by atoms with Crippen LogP contribution in [0.1, 0.15) is 115 Å². The highest BCUT2D eigenvalue weighted by Crippen LogP contribution is 2.45. The number of aryl methyl sites for hydroxylation is 1. The van der Waals surface area contributed by atoms with Gasteiger partial charge in [0.1, 0.15) is 11.5 Å². The monoisotopic (exact) mass is 480 g/mol. The minimum atomic E-state index is -1.10. The number of phenolic OH excluding ortho intramolecular Hbond substituents is 1. The lowest BCUT2D eigenvalue weighted by Gasteiger charge is -2.29. The average Bonchev–Trinajstić information content (AvgIpc) is 2.99. The number of ether oxygens (including phenoxy) is 2. The highest BCUT2D eigenvalue weighted by molar-refractivity contribution is 5.89. The van der Waals surface area contributed by atoms with Crippen LogP contribution in [0.5, 0.6) is 11.5 Å². The van der Waals surface area contributed by atoms with Gasteiger partial charge in [0.15, 0.2) is 0 Å². The van der Waals surface area contributed by atoms with E-state index in [-0.39, 0.29) is 22.0 Å². The summed E-state index contributed by atoms with van der Waals surface area (Å²) in [5.74, 6) is -0.972. The number of carbonyl (C=O) groups excluding carboxylic acids is 2. The van der Waals surface area contributed by atoms with Crippen LogP contribution in [0.4, 0.5) is 0 Å². The third kappa shape index (κ3) is 5.24. The molecule has 2 aromatic carbocycles. The third-order valence-electron chi connectivity index (χ3n) is 6.61. The lowest BCUT2D eigenvalue weighted by Crippen LogP contribution is -2.23. The van der Waals surface area contributed by atoms with Crippen molar-refractivity contribution < 1.29 is 24.2 Å². The maximum atomic E-state index is 13.3. The second-order valence-electron chi connectivity index (χ2n) is 12.9. The van der Waals surface area contributed by atoms with E-state index in [2.05, 4.69) is 20.8 Å². The predicted octanol–water partition coefficient (Wildman–Crippen LogP) is 6.90. The zero-order valence-corrected chi connectivity index (χ0v) is 23.0. The predicted molar refractivity (Wildman–Crippen MR) is 138 cm³/mol. The number of aromatic hydroxyl groups is 1. The van der Waals surface area contributed by atoms with Gasteiger partial charge in [-0.1, -0.05) is 86.1 Å². The van der Waals surface area contributed by atoms with E-state index in [1.807, 2.05) is 72.7 Å². The molecule has 2 unspecified atom stereocenters. The molecule has 0 saturated carbocycles. The number of benzene rings is 2. The second kappa shape index (κ2) is 8.69. The lowest BCUT2D eigenvalue weighted by atomic mass is 9.77. The molecule has 1 aliphatic rings. The van der Waals surface area contributed by atoms with Crippen molar-refractivity contribution in [2.24, 2.45) is 0 Å². The summed E-state index contributed by atoms with van der Waals surface area (Å²) >= 11 is 0. The molecule has 0 saturated heterocycles. The molecular weight excluding hydrogens is 440 g/mol. The first kappa shape index (κ1) is 26.8. The van der Waals surface area contributed by atoms with Crippen LogP contribution in [0.2, 0.25) is 0 Å². The maximum absolute atomic E-state index is 13.3. The average molecular weight is 481 g/mol. The van der Waals surface area contributed by atoms with Gasteiger partial charge >= 0.3 is 11.9 Å². The Hall–Kier alpha value is -2.82. The normalized spacial score (nSPS) is 17.1. The fourth-order valence-electron chi connectivity index (χ4n) is 4.46. The zero-order valence-electron chi connectivity index (χ0n) is 23.0. The summed E-state index contributed by atoms with van der Waals surface area (Å²) in [7, 11) is 0. The molecule has 3 rings (SSSR count). The van der Waals surface area contributed by atoms with E-state index in [0.29, 0.717) is 11.3 Å². The van der Waals surface area contributed by atoms with Crippen LogP contribution in [-0.4, -0.2) is 17.0 Å². The van der Waals surface area contributed by atoms with Gasteiger partial charge < -0.3 is 14.6 Å².